The molecule has 162 valence electrons. The van der Waals surface area contributed by atoms with Crippen molar-refractivity contribution in [1.29, 1.82) is 0 Å². The summed E-state index contributed by atoms with van der Waals surface area (Å²) in [5.74, 6) is -1.09. The van der Waals surface area contributed by atoms with Gasteiger partial charge in [0.2, 0.25) is 5.91 Å². The lowest BCUT2D eigenvalue weighted by Crippen LogP contribution is -2.47. The monoisotopic (exact) mass is 417 g/mol. The van der Waals surface area contributed by atoms with Gasteiger partial charge in [0.05, 0.1) is 14.2 Å². The number of nitrogens with one attached hydrogen (secondary N) is 1. The van der Waals surface area contributed by atoms with Crippen LogP contribution in [0.5, 0.6) is 11.5 Å². The van der Waals surface area contributed by atoms with Gasteiger partial charge in [-0.25, -0.2) is 9.69 Å². The van der Waals surface area contributed by atoms with E-state index < -0.39 is 30.3 Å². The van der Waals surface area contributed by atoms with Gasteiger partial charge in [-0.2, -0.15) is 0 Å². The molecule has 30 heavy (non-hydrogen) atoms. The van der Waals surface area contributed by atoms with Gasteiger partial charge in [-0.15, -0.1) is 0 Å². The van der Waals surface area contributed by atoms with E-state index in [-0.39, 0.29) is 18.5 Å². The lowest BCUT2D eigenvalue weighted by Gasteiger charge is -2.34. The molecule has 0 unspecified atom stereocenters. The summed E-state index contributed by atoms with van der Waals surface area (Å²) in [4.78, 5) is 51.6. The van der Waals surface area contributed by atoms with Crippen molar-refractivity contribution in [3.8, 4) is 11.5 Å². The van der Waals surface area contributed by atoms with E-state index in [9.17, 15) is 19.2 Å². The first-order valence-electron chi connectivity index (χ1n) is 10.0. The van der Waals surface area contributed by atoms with Gasteiger partial charge in [0.1, 0.15) is 6.54 Å². The van der Waals surface area contributed by atoms with Crippen LogP contribution in [0.25, 0.3) is 0 Å². The van der Waals surface area contributed by atoms with Crippen molar-refractivity contribution in [3.63, 3.8) is 0 Å². The maximum absolute atomic E-state index is 12.7. The van der Waals surface area contributed by atoms with E-state index in [0.29, 0.717) is 17.9 Å². The maximum Gasteiger partial charge on any atom is 0.334 e. The van der Waals surface area contributed by atoms with Gasteiger partial charge in [0, 0.05) is 12.6 Å². The first-order valence-corrected chi connectivity index (χ1v) is 10.0. The SMILES string of the molecule is COc1ccc(CNC(=O)CN2C(=O)C(=O)N([C@@H]3CCCC[C@@H]3C)C2=O)cc1OC. The summed E-state index contributed by atoms with van der Waals surface area (Å²) in [7, 11) is 3.04. The van der Waals surface area contributed by atoms with Crippen molar-refractivity contribution in [2.75, 3.05) is 20.8 Å². The maximum atomic E-state index is 12.7. The van der Waals surface area contributed by atoms with E-state index in [0.717, 1.165) is 34.6 Å². The van der Waals surface area contributed by atoms with Crippen molar-refractivity contribution in [3.05, 3.63) is 23.8 Å². The normalized spacial score (nSPS) is 21.8. The summed E-state index contributed by atoms with van der Waals surface area (Å²) in [6, 6.07) is 4.22. The van der Waals surface area contributed by atoms with Gasteiger partial charge in [0.15, 0.2) is 11.5 Å². The number of methoxy groups -OCH3 is 2. The minimum Gasteiger partial charge on any atom is -0.493 e. The smallest absolute Gasteiger partial charge is 0.334 e. The van der Waals surface area contributed by atoms with E-state index >= 15 is 0 Å². The Bertz CT molecular complexity index is 855. The lowest BCUT2D eigenvalue weighted by atomic mass is 9.85. The molecule has 1 heterocycles. The van der Waals surface area contributed by atoms with Gasteiger partial charge in [0.25, 0.3) is 0 Å². The number of nitrogens with zero attached hydrogens (tertiary/aromatic N) is 2. The molecule has 1 N–H and O–H groups in total. The summed E-state index contributed by atoms with van der Waals surface area (Å²) in [6.07, 6.45) is 3.54. The van der Waals surface area contributed by atoms with Gasteiger partial charge in [-0.05, 0) is 36.5 Å². The molecule has 1 saturated carbocycles. The van der Waals surface area contributed by atoms with Crippen LogP contribution in [0.2, 0.25) is 0 Å². The van der Waals surface area contributed by atoms with Crippen LogP contribution >= 0.6 is 0 Å². The van der Waals surface area contributed by atoms with Gasteiger partial charge in [-0.1, -0.05) is 25.8 Å². The summed E-state index contributed by atoms with van der Waals surface area (Å²) in [6.45, 7) is 1.66. The molecule has 1 aromatic rings. The van der Waals surface area contributed by atoms with E-state index in [1.54, 1.807) is 18.2 Å². The van der Waals surface area contributed by atoms with Gasteiger partial charge >= 0.3 is 17.8 Å². The van der Waals surface area contributed by atoms with E-state index in [1.807, 2.05) is 6.92 Å². The molecule has 1 aliphatic carbocycles. The number of hydrogen-bond acceptors (Lipinski definition) is 6. The second kappa shape index (κ2) is 9.15. The number of rotatable bonds is 7. The number of urea groups is 1. The Morgan fingerprint density at radius 2 is 1.77 bits per heavy atom. The number of hydrogen-bond donors (Lipinski definition) is 1. The second-order valence-corrected chi connectivity index (χ2v) is 7.64. The minimum atomic E-state index is -0.945. The molecule has 1 aromatic carbocycles. The first-order chi connectivity index (χ1) is 14.4. The number of carbonyl (C=O) groups excluding carboxylic acids is 4. The topological polar surface area (TPSA) is 105 Å². The van der Waals surface area contributed by atoms with Gasteiger partial charge in [-0.3, -0.25) is 19.3 Å². The van der Waals surface area contributed by atoms with Gasteiger partial charge < -0.3 is 14.8 Å². The highest BCUT2D eigenvalue weighted by Crippen LogP contribution is 2.31. The molecule has 0 radical (unpaired) electrons. The predicted molar refractivity (Wildman–Crippen MR) is 107 cm³/mol. The molecular weight excluding hydrogens is 390 g/mol. The van der Waals surface area contributed by atoms with E-state index in [1.165, 1.54) is 14.2 Å². The fraction of sp³-hybridized carbons (Fsp3) is 0.524. The van der Waals surface area contributed by atoms with Crippen LogP contribution in [0.3, 0.4) is 0 Å². The van der Waals surface area contributed by atoms with Crippen LogP contribution < -0.4 is 14.8 Å². The Hall–Kier alpha value is -3.10. The highest BCUT2D eigenvalue weighted by molar-refractivity contribution is 6.45. The third kappa shape index (κ3) is 4.24. The van der Waals surface area contributed by atoms with Crippen LogP contribution in [0.15, 0.2) is 18.2 Å². The Morgan fingerprint density at radius 1 is 1.07 bits per heavy atom. The number of carbonyl (C=O) groups is 4. The average Bonchev–Trinajstić information content (AvgIpc) is 2.95. The third-order valence-electron chi connectivity index (χ3n) is 5.72. The molecule has 0 aromatic heterocycles. The number of amides is 5. The lowest BCUT2D eigenvalue weighted by molar-refractivity contribution is -0.145. The highest BCUT2D eigenvalue weighted by Gasteiger charge is 2.49. The Kier molecular flexibility index (Phi) is 6.59. The second-order valence-electron chi connectivity index (χ2n) is 7.64. The number of ether oxygens (including phenoxy) is 2. The largest absolute Gasteiger partial charge is 0.493 e. The average molecular weight is 417 g/mol. The number of imide groups is 2. The molecule has 9 heteroatoms. The van der Waals surface area contributed by atoms with E-state index in [2.05, 4.69) is 5.32 Å². The molecule has 0 spiro atoms. The standard InChI is InChI=1S/C21H27N3O6/c1-13-6-4-5-7-15(13)24-20(27)19(26)23(21(24)28)12-18(25)22-11-14-8-9-16(29-2)17(10-14)30-3/h8-10,13,15H,4-7,11-12H2,1-3H3,(H,22,25)/t13-,15+/m0/s1. The van der Waals surface area contributed by atoms with E-state index in [4.69, 9.17) is 9.47 Å². The quantitative estimate of drug-likeness (QED) is 0.535. The zero-order valence-corrected chi connectivity index (χ0v) is 17.5. The zero-order chi connectivity index (χ0) is 21.8. The summed E-state index contributed by atoms with van der Waals surface area (Å²) < 4.78 is 10.4. The molecule has 2 fully saturated rings. The predicted octanol–water partition coefficient (Wildman–Crippen LogP) is 1.69. The van der Waals surface area contributed by atoms with Crippen LogP contribution in [0.4, 0.5) is 4.79 Å². The molecule has 2 atom stereocenters. The molecule has 1 aliphatic heterocycles. The number of benzene rings is 1. The molecule has 1 saturated heterocycles. The van der Waals surface area contributed by atoms with Crippen molar-refractivity contribution in [1.82, 2.24) is 15.1 Å². The molecular formula is C21H27N3O6. The first kappa shape index (κ1) is 21.6. The molecule has 3 rings (SSSR count). The van der Waals surface area contributed by atoms with Crippen LogP contribution in [-0.2, 0) is 20.9 Å². The van der Waals surface area contributed by atoms with Crippen molar-refractivity contribution < 1.29 is 28.7 Å². The highest BCUT2D eigenvalue weighted by atomic mass is 16.5. The van der Waals surface area contributed by atoms with Crippen LogP contribution in [0, 0.1) is 5.92 Å². The fourth-order valence-electron chi connectivity index (χ4n) is 4.03. The third-order valence-corrected chi connectivity index (χ3v) is 5.72. The van der Waals surface area contributed by atoms with Crippen LogP contribution in [-0.4, -0.2) is 60.4 Å². The van der Waals surface area contributed by atoms with Crippen molar-refractivity contribution >= 4 is 23.8 Å². The van der Waals surface area contributed by atoms with Crippen molar-refractivity contribution in [2.45, 2.75) is 45.2 Å². The Balaban J connectivity index is 1.61. The molecule has 2 aliphatic rings. The molecule has 5 amide bonds. The summed E-state index contributed by atoms with van der Waals surface area (Å²) in [5.41, 5.74) is 0.758. The van der Waals surface area contributed by atoms with Crippen LogP contribution in [0.1, 0.15) is 38.2 Å². The summed E-state index contributed by atoms with van der Waals surface area (Å²) >= 11 is 0. The van der Waals surface area contributed by atoms with Crippen molar-refractivity contribution in [2.24, 2.45) is 5.92 Å². The Morgan fingerprint density at radius 3 is 2.43 bits per heavy atom. The summed E-state index contributed by atoms with van der Waals surface area (Å²) in [5, 5.41) is 2.66. The molecule has 9 nitrogen and oxygen atoms in total. The molecule has 0 bridgehead atoms. The minimum absolute atomic E-state index is 0.137. The Labute approximate surface area is 175 Å². The zero-order valence-electron chi connectivity index (χ0n) is 17.5. The fourth-order valence-corrected chi connectivity index (χ4v) is 4.03.